The molecule has 1 fully saturated rings. The van der Waals surface area contributed by atoms with Crippen molar-refractivity contribution in [3.8, 4) is 5.75 Å². The molecule has 7 heteroatoms. The van der Waals surface area contributed by atoms with E-state index in [1.807, 2.05) is 39.8 Å². The predicted octanol–water partition coefficient (Wildman–Crippen LogP) is 4.57. The predicted molar refractivity (Wildman–Crippen MR) is 122 cm³/mol. The van der Waals surface area contributed by atoms with Crippen molar-refractivity contribution in [2.75, 3.05) is 38.2 Å². The zero-order chi connectivity index (χ0) is 22.5. The number of anilines is 1. The molecule has 1 aliphatic heterocycles. The van der Waals surface area contributed by atoms with Crippen molar-refractivity contribution in [3.63, 3.8) is 0 Å². The van der Waals surface area contributed by atoms with Crippen molar-refractivity contribution in [2.24, 2.45) is 0 Å². The fraction of sp³-hybridized carbons (Fsp3) is 0.417. The fourth-order valence-electron chi connectivity index (χ4n) is 3.52. The average Bonchev–Trinajstić information content (AvgIpc) is 2.75. The Balaban J connectivity index is 1.69. The number of rotatable bonds is 6. The molecular weight excluding hydrogens is 416 g/mol. The van der Waals surface area contributed by atoms with Crippen LogP contribution in [0, 0.1) is 13.8 Å². The van der Waals surface area contributed by atoms with E-state index in [2.05, 4.69) is 5.32 Å². The van der Waals surface area contributed by atoms with E-state index < -0.39 is 0 Å². The van der Waals surface area contributed by atoms with Gasteiger partial charge in [-0.15, -0.1) is 0 Å². The summed E-state index contributed by atoms with van der Waals surface area (Å²) in [6, 6.07) is 9.09. The fourth-order valence-corrected chi connectivity index (χ4v) is 3.69. The van der Waals surface area contributed by atoms with E-state index in [1.165, 1.54) is 0 Å². The molecule has 0 saturated carbocycles. The van der Waals surface area contributed by atoms with Gasteiger partial charge in [-0.3, -0.25) is 9.59 Å². The molecule has 1 aliphatic rings. The largest absolute Gasteiger partial charge is 0.483 e. The number of nitrogens with one attached hydrogen (secondary N) is 1. The summed E-state index contributed by atoms with van der Waals surface area (Å²) in [4.78, 5) is 27.2. The van der Waals surface area contributed by atoms with Gasteiger partial charge >= 0.3 is 0 Å². The van der Waals surface area contributed by atoms with E-state index in [-0.39, 0.29) is 24.3 Å². The van der Waals surface area contributed by atoms with E-state index >= 15 is 0 Å². The molecule has 1 saturated heterocycles. The van der Waals surface area contributed by atoms with Crippen LogP contribution in [0.3, 0.4) is 0 Å². The van der Waals surface area contributed by atoms with Crippen LogP contribution in [0.4, 0.5) is 5.69 Å². The third kappa shape index (κ3) is 5.57. The first-order valence-corrected chi connectivity index (χ1v) is 10.8. The molecule has 166 valence electrons. The standard InChI is InChI=1S/C24H29ClN2O4/c1-15(2)19-13-20(25)16(3)12-22(19)31-14-23(28)26-21-7-5-6-18(17(21)4)24(29)27-8-10-30-11-9-27/h5-7,12-13,15H,8-11,14H2,1-4H3,(H,26,28). The summed E-state index contributed by atoms with van der Waals surface area (Å²) in [5, 5.41) is 3.55. The van der Waals surface area contributed by atoms with Crippen molar-refractivity contribution in [1.82, 2.24) is 4.90 Å². The van der Waals surface area contributed by atoms with Gasteiger partial charge in [0, 0.05) is 29.4 Å². The van der Waals surface area contributed by atoms with Crippen molar-refractivity contribution in [3.05, 3.63) is 57.6 Å². The Bertz CT molecular complexity index is 968. The van der Waals surface area contributed by atoms with E-state index in [4.69, 9.17) is 21.1 Å². The van der Waals surface area contributed by atoms with Crippen molar-refractivity contribution in [1.29, 1.82) is 0 Å². The summed E-state index contributed by atoms with van der Waals surface area (Å²) in [6.45, 7) is 9.93. The number of morpholine rings is 1. The maximum absolute atomic E-state index is 12.9. The number of hydrogen-bond acceptors (Lipinski definition) is 4. The van der Waals surface area contributed by atoms with Crippen molar-refractivity contribution < 1.29 is 19.1 Å². The molecule has 0 bridgehead atoms. The zero-order valence-corrected chi connectivity index (χ0v) is 19.2. The third-order valence-corrected chi connectivity index (χ3v) is 5.82. The van der Waals surface area contributed by atoms with Crippen LogP contribution in [0.25, 0.3) is 0 Å². The molecule has 0 radical (unpaired) electrons. The quantitative estimate of drug-likeness (QED) is 0.708. The molecule has 0 unspecified atom stereocenters. The third-order valence-electron chi connectivity index (χ3n) is 5.41. The Kier molecular flexibility index (Phi) is 7.57. The van der Waals surface area contributed by atoms with Crippen LogP contribution < -0.4 is 10.1 Å². The van der Waals surface area contributed by atoms with Gasteiger partial charge in [0.15, 0.2) is 6.61 Å². The summed E-state index contributed by atoms with van der Waals surface area (Å²) < 4.78 is 11.1. The lowest BCUT2D eigenvalue weighted by Crippen LogP contribution is -2.41. The molecule has 0 aliphatic carbocycles. The molecule has 1 heterocycles. The molecular formula is C24H29ClN2O4. The number of amides is 2. The van der Waals surface area contributed by atoms with Crippen LogP contribution in [-0.4, -0.2) is 49.6 Å². The number of carbonyl (C=O) groups is 2. The summed E-state index contributed by atoms with van der Waals surface area (Å²) >= 11 is 6.24. The molecule has 31 heavy (non-hydrogen) atoms. The molecule has 0 atom stereocenters. The first-order chi connectivity index (χ1) is 14.8. The Labute approximate surface area is 188 Å². The Morgan fingerprint density at radius 3 is 2.58 bits per heavy atom. The van der Waals surface area contributed by atoms with Crippen molar-refractivity contribution >= 4 is 29.1 Å². The van der Waals surface area contributed by atoms with Gasteiger partial charge in [0.2, 0.25) is 0 Å². The number of carbonyl (C=O) groups excluding carboxylic acids is 2. The Morgan fingerprint density at radius 1 is 1.19 bits per heavy atom. The zero-order valence-electron chi connectivity index (χ0n) is 18.5. The second kappa shape index (κ2) is 10.2. The van der Waals surface area contributed by atoms with Gasteiger partial charge in [-0.1, -0.05) is 31.5 Å². The van der Waals surface area contributed by atoms with Crippen LogP contribution in [0.5, 0.6) is 5.75 Å². The Morgan fingerprint density at radius 2 is 1.90 bits per heavy atom. The first-order valence-electron chi connectivity index (χ1n) is 10.5. The number of benzene rings is 2. The van der Waals surface area contributed by atoms with Gasteiger partial charge in [0.25, 0.3) is 11.8 Å². The minimum absolute atomic E-state index is 0.0497. The highest BCUT2D eigenvalue weighted by Crippen LogP contribution is 2.32. The molecule has 2 aromatic rings. The van der Waals surface area contributed by atoms with Crippen LogP contribution in [0.1, 0.15) is 46.8 Å². The second-order valence-corrected chi connectivity index (χ2v) is 8.42. The summed E-state index contributed by atoms with van der Waals surface area (Å²) in [5.74, 6) is 0.522. The summed E-state index contributed by atoms with van der Waals surface area (Å²) in [6.07, 6.45) is 0. The maximum Gasteiger partial charge on any atom is 0.262 e. The van der Waals surface area contributed by atoms with Crippen molar-refractivity contribution in [2.45, 2.75) is 33.6 Å². The number of nitrogens with zero attached hydrogens (tertiary/aromatic N) is 1. The highest BCUT2D eigenvalue weighted by Gasteiger charge is 2.21. The lowest BCUT2D eigenvalue weighted by molar-refractivity contribution is -0.118. The lowest BCUT2D eigenvalue weighted by Gasteiger charge is -2.27. The molecule has 2 amide bonds. The average molecular weight is 445 g/mol. The lowest BCUT2D eigenvalue weighted by atomic mass is 10.0. The van der Waals surface area contributed by atoms with Gasteiger partial charge in [0.05, 0.1) is 13.2 Å². The smallest absolute Gasteiger partial charge is 0.262 e. The van der Waals surface area contributed by atoms with Gasteiger partial charge < -0.3 is 19.7 Å². The SMILES string of the molecule is Cc1cc(OCC(=O)Nc2cccc(C(=O)N3CCOCC3)c2C)c(C(C)C)cc1Cl. The highest BCUT2D eigenvalue weighted by molar-refractivity contribution is 6.31. The van der Waals surface area contributed by atoms with E-state index in [9.17, 15) is 9.59 Å². The minimum atomic E-state index is -0.290. The second-order valence-electron chi connectivity index (χ2n) is 8.01. The maximum atomic E-state index is 12.9. The highest BCUT2D eigenvalue weighted by atomic mass is 35.5. The van der Waals surface area contributed by atoms with Crippen LogP contribution in [-0.2, 0) is 9.53 Å². The van der Waals surface area contributed by atoms with E-state index in [0.717, 1.165) is 16.7 Å². The number of aryl methyl sites for hydroxylation is 1. The monoisotopic (exact) mass is 444 g/mol. The molecule has 2 aromatic carbocycles. The molecule has 1 N–H and O–H groups in total. The van der Waals surface area contributed by atoms with Crippen LogP contribution >= 0.6 is 11.6 Å². The summed E-state index contributed by atoms with van der Waals surface area (Å²) in [5.41, 5.74) is 3.77. The first kappa shape index (κ1) is 23.1. The summed E-state index contributed by atoms with van der Waals surface area (Å²) in [7, 11) is 0. The van der Waals surface area contributed by atoms with Gasteiger partial charge in [-0.25, -0.2) is 0 Å². The normalized spacial score (nSPS) is 13.9. The van der Waals surface area contributed by atoms with Gasteiger partial charge in [0.1, 0.15) is 5.75 Å². The Hall–Kier alpha value is -2.57. The molecule has 3 rings (SSSR count). The van der Waals surface area contributed by atoms with E-state index in [1.54, 1.807) is 23.1 Å². The van der Waals surface area contributed by atoms with Gasteiger partial charge in [-0.05, 0) is 60.7 Å². The number of hydrogen-bond donors (Lipinski definition) is 1. The number of halogens is 1. The van der Waals surface area contributed by atoms with Gasteiger partial charge in [-0.2, -0.15) is 0 Å². The number of ether oxygens (including phenoxy) is 2. The van der Waals surface area contributed by atoms with Crippen LogP contribution in [0.15, 0.2) is 30.3 Å². The molecule has 6 nitrogen and oxygen atoms in total. The van der Waals surface area contributed by atoms with E-state index in [0.29, 0.717) is 48.3 Å². The van der Waals surface area contributed by atoms with Crippen LogP contribution in [0.2, 0.25) is 5.02 Å². The molecule has 0 spiro atoms. The minimum Gasteiger partial charge on any atom is -0.483 e. The molecule has 0 aromatic heterocycles. The topological polar surface area (TPSA) is 67.9 Å².